The molecule has 0 aromatic heterocycles. The minimum absolute atomic E-state index is 0.00376. The minimum atomic E-state index is -1.64. The summed E-state index contributed by atoms with van der Waals surface area (Å²) in [5.74, 6) is -4.54. The Labute approximate surface area is 562 Å². The summed E-state index contributed by atoms with van der Waals surface area (Å²) in [6.07, 6.45) is -0.0201. The third kappa shape index (κ3) is 36.9. The summed E-state index contributed by atoms with van der Waals surface area (Å²) in [7, 11) is 0. The van der Waals surface area contributed by atoms with Gasteiger partial charge in [0.2, 0.25) is 17.7 Å². The van der Waals surface area contributed by atoms with Crippen LogP contribution in [-0.4, -0.2) is 224 Å². The molecule has 0 aliphatic heterocycles. The topological polar surface area (TPSA) is 356 Å². The van der Waals surface area contributed by atoms with Crippen molar-refractivity contribution in [3.63, 3.8) is 0 Å². The molecule has 0 spiro atoms. The van der Waals surface area contributed by atoms with E-state index in [0.717, 1.165) is 0 Å². The molecule has 0 bridgehead atoms. The Morgan fingerprint density at radius 3 is 0.835 bits per heavy atom. The van der Waals surface area contributed by atoms with Crippen molar-refractivity contribution in [2.75, 3.05) is 158 Å². The number of rotatable bonds is 54. The molecule has 5 aromatic carbocycles. The van der Waals surface area contributed by atoms with Gasteiger partial charge in [-0.3, -0.25) is 19.3 Å². The molecule has 0 radical (unpaired) electrons. The van der Waals surface area contributed by atoms with E-state index in [1.54, 1.807) is 152 Å². The highest BCUT2D eigenvalue weighted by atomic mass is 17.2. The second-order valence-electron chi connectivity index (χ2n) is 20.5. The summed E-state index contributed by atoms with van der Waals surface area (Å²) >= 11 is 0. The van der Waals surface area contributed by atoms with Crippen LogP contribution in [0.3, 0.4) is 0 Å². The van der Waals surface area contributed by atoms with Crippen molar-refractivity contribution in [1.82, 2.24) is 16.0 Å². The SMILES string of the molecule is NC(COCCC(=O)NCCOCCOCCOOC(=O)c1ccccc1)(COCCC(=O)NCCOCCOCCOC(OC(=O)c1ccccc1)OC(=O)c1ccccc1)COCCC(=O)NCCOCCOCCOC(OC(=O)c1ccccc1)OC(=O)c1ccccc1. The number of amides is 3. The summed E-state index contributed by atoms with van der Waals surface area (Å²) in [6.45, 7) is -1.10. The zero-order valence-electron chi connectivity index (χ0n) is 54.0. The first kappa shape index (κ1) is 79.0. The van der Waals surface area contributed by atoms with Gasteiger partial charge in [0.15, 0.2) is 0 Å². The molecule has 3 amide bonds. The third-order valence-corrected chi connectivity index (χ3v) is 12.7. The van der Waals surface area contributed by atoms with Crippen molar-refractivity contribution in [2.24, 2.45) is 5.73 Å². The summed E-state index contributed by atoms with van der Waals surface area (Å²) in [4.78, 5) is 110. The van der Waals surface area contributed by atoms with Crippen molar-refractivity contribution in [3.05, 3.63) is 179 Å². The zero-order valence-corrected chi connectivity index (χ0v) is 54.0. The molecular formula is C68H86N4O25. The molecule has 0 unspecified atom stereocenters. The second-order valence-corrected chi connectivity index (χ2v) is 20.5. The first-order valence-electron chi connectivity index (χ1n) is 31.3. The van der Waals surface area contributed by atoms with Gasteiger partial charge in [0, 0.05) is 38.9 Å². The van der Waals surface area contributed by atoms with E-state index in [0.29, 0.717) is 5.56 Å². The molecule has 5 N–H and O–H groups in total. The fourth-order valence-corrected chi connectivity index (χ4v) is 7.78. The Morgan fingerprint density at radius 2 is 0.546 bits per heavy atom. The number of hydrogen-bond acceptors (Lipinski definition) is 26. The summed E-state index contributed by atoms with van der Waals surface area (Å²) in [5.41, 5.74) is 6.76. The van der Waals surface area contributed by atoms with E-state index in [4.69, 9.17) is 86.6 Å². The number of ether oxygens (including phenoxy) is 15. The Kier molecular flexibility index (Phi) is 40.6. The number of carbonyl (C=O) groups excluding carboxylic acids is 8. The normalized spacial score (nSPS) is 11.2. The van der Waals surface area contributed by atoms with Crippen LogP contribution in [0.4, 0.5) is 0 Å². The Bertz CT molecular complexity index is 2740. The number of hydrogen-bond donors (Lipinski definition) is 4. The molecule has 5 rings (SSSR count). The quantitative estimate of drug-likeness (QED) is 0.0139. The smallest absolute Gasteiger partial charge is 0.373 e. The van der Waals surface area contributed by atoms with E-state index in [2.05, 4.69) is 16.0 Å². The van der Waals surface area contributed by atoms with Crippen LogP contribution in [0.15, 0.2) is 152 Å². The molecule has 0 aliphatic carbocycles. The third-order valence-electron chi connectivity index (χ3n) is 12.7. The number of carbonyl (C=O) groups is 8. The summed E-state index contributed by atoms with van der Waals surface area (Å²) < 4.78 is 82.7. The molecule has 29 nitrogen and oxygen atoms in total. The van der Waals surface area contributed by atoms with Crippen LogP contribution in [0.1, 0.15) is 71.1 Å². The van der Waals surface area contributed by atoms with Gasteiger partial charge in [-0.05, 0) is 60.7 Å². The highest BCUT2D eigenvalue weighted by Crippen LogP contribution is 2.13. The van der Waals surface area contributed by atoms with E-state index in [1.807, 2.05) is 0 Å². The van der Waals surface area contributed by atoms with Gasteiger partial charge in [0.05, 0.1) is 165 Å². The maximum absolute atomic E-state index is 12.7. The number of nitrogens with two attached hydrogens (primary N) is 1. The fourth-order valence-electron chi connectivity index (χ4n) is 7.78. The molecule has 97 heavy (non-hydrogen) atoms. The molecule has 0 aliphatic rings. The van der Waals surface area contributed by atoms with Gasteiger partial charge in [-0.1, -0.05) is 91.0 Å². The summed E-state index contributed by atoms with van der Waals surface area (Å²) in [5, 5.41) is 8.23. The van der Waals surface area contributed by atoms with Crippen LogP contribution in [0.5, 0.6) is 0 Å². The molecule has 0 saturated heterocycles. The van der Waals surface area contributed by atoms with Gasteiger partial charge in [-0.2, -0.15) is 4.89 Å². The van der Waals surface area contributed by atoms with Crippen molar-refractivity contribution in [3.8, 4) is 0 Å². The molecule has 0 heterocycles. The first-order valence-corrected chi connectivity index (χ1v) is 31.3. The van der Waals surface area contributed by atoms with Crippen LogP contribution < -0.4 is 21.7 Å². The van der Waals surface area contributed by atoms with Crippen LogP contribution in [0.2, 0.25) is 0 Å². The molecular weight excluding hydrogens is 1270 g/mol. The lowest BCUT2D eigenvalue weighted by Crippen LogP contribution is -2.53. The Balaban J connectivity index is 0.922. The molecule has 528 valence electrons. The molecule has 0 atom stereocenters. The minimum Gasteiger partial charge on any atom is -0.397 e. The lowest BCUT2D eigenvalue weighted by Gasteiger charge is -2.29. The Morgan fingerprint density at radius 1 is 0.299 bits per heavy atom. The van der Waals surface area contributed by atoms with Gasteiger partial charge in [0.1, 0.15) is 6.61 Å². The second kappa shape index (κ2) is 49.8. The highest BCUT2D eigenvalue weighted by Gasteiger charge is 2.28. The van der Waals surface area contributed by atoms with E-state index in [-0.39, 0.29) is 218 Å². The van der Waals surface area contributed by atoms with Crippen LogP contribution in [0, 0.1) is 0 Å². The molecule has 29 heteroatoms. The van der Waals surface area contributed by atoms with E-state index < -0.39 is 48.3 Å². The monoisotopic (exact) mass is 1360 g/mol. The largest absolute Gasteiger partial charge is 0.397 e. The van der Waals surface area contributed by atoms with Gasteiger partial charge in [-0.15, -0.1) is 0 Å². The molecule has 0 saturated carbocycles. The Hall–Kier alpha value is -8.66. The maximum atomic E-state index is 12.7. The summed E-state index contributed by atoms with van der Waals surface area (Å²) in [6, 6.07) is 41.0. The lowest BCUT2D eigenvalue weighted by molar-refractivity contribution is -0.247. The van der Waals surface area contributed by atoms with E-state index in [9.17, 15) is 38.4 Å². The van der Waals surface area contributed by atoms with Crippen molar-refractivity contribution in [1.29, 1.82) is 0 Å². The fraction of sp³-hybridized carbons (Fsp3) is 0.441. The standard InChI is InChI=1S/C68H86N4O25/c69-68(52-89-34-28-60(75)72-31-37-83-40-43-86-46-49-92-97-65(80)57-24-14-5-15-25-57,50-87-32-26-58(73)70-29-35-81-38-41-84-44-47-90-66(93-61(76)53-16-6-1-7-17-53)94-62(77)54-18-8-2-9-19-54)51-88-33-27-59(74)71-30-36-82-39-42-85-45-48-91-67(95-63(78)55-20-10-3-11-21-55)96-64(79)56-22-12-4-13-23-56/h1-25,66-67H,26-52,69H2,(H,70,73)(H,71,74)(H,72,75). The van der Waals surface area contributed by atoms with Gasteiger partial charge in [0.25, 0.3) is 0 Å². The van der Waals surface area contributed by atoms with Crippen molar-refractivity contribution in [2.45, 2.75) is 37.8 Å². The van der Waals surface area contributed by atoms with Gasteiger partial charge >= 0.3 is 42.8 Å². The van der Waals surface area contributed by atoms with E-state index in [1.165, 1.54) is 0 Å². The predicted molar refractivity (Wildman–Crippen MR) is 342 cm³/mol. The van der Waals surface area contributed by atoms with Crippen LogP contribution in [0.25, 0.3) is 0 Å². The van der Waals surface area contributed by atoms with Gasteiger partial charge < -0.3 is 92.7 Å². The molecule has 5 aromatic rings. The van der Waals surface area contributed by atoms with Crippen LogP contribution in [-0.2, 0) is 95.2 Å². The average Bonchev–Trinajstić information content (AvgIpc) is 3.15. The van der Waals surface area contributed by atoms with Crippen LogP contribution >= 0.6 is 0 Å². The maximum Gasteiger partial charge on any atom is 0.373 e. The molecule has 0 fully saturated rings. The average molecular weight is 1360 g/mol. The van der Waals surface area contributed by atoms with Gasteiger partial charge in [-0.25, -0.2) is 24.0 Å². The predicted octanol–water partition coefficient (Wildman–Crippen LogP) is 4.17. The number of nitrogens with one attached hydrogen (secondary N) is 3. The number of esters is 4. The van der Waals surface area contributed by atoms with Crippen molar-refractivity contribution < 1.29 is 119 Å². The number of benzene rings is 5. The first-order chi connectivity index (χ1) is 47.4. The zero-order chi connectivity index (χ0) is 69.1. The lowest BCUT2D eigenvalue weighted by atomic mass is 10.1. The highest BCUT2D eigenvalue weighted by molar-refractivity contribution is 5.92. The van der Waals surface area contributed by atoms with E-state index >= 15 is 0 Å². The van der Waals surface area contributed by atoms with Crippen molar-refractivity contribution >= 4 is 47.6 Å².